The van der Waals surface area contributed by atoms with Crippen molar-refractivity contribution in [1.82, 2.24) is 15.1 Å². The molecule has 0 spiro atoms. The first-order valence-electron chi connectivity index (χ1n) is 10.8. The molecule has 6 heteroatoms. The van der Waals surface area contributed by atoms with Crippen LogP contribution in [0.1, 0.15) is 56.1 Å². The van der Waals surface area contributed by atoms with Gasteiger partial charge in [-0.3, -0.25) is 4.79 Å². The summed E-state index contributed by atoms with van der Waals surface area (Å²) >= 11 is 0. The molecule has 4 rings (SSSR count). The minimum atomic E-state index is -0.205. The molecule has 2 saturated heterocycles. The minimum Gasteiger partial charge on any atom is -0.394 e. The number of carbonyl (C=O) groups is 2. The normalized spacial score (nSPS) is 27.7. The number of fused-ring (bicyclic) bond motifs is 1. The van der Waals surface area contributed by atoms with E-state index in [1.165, 1.54) is 6.42 Å². The lowest BCUT2D eigenvalue weighted by Gasteiger charge is -2.58. The van der Waals surface area contributed by atoms with Crippen molar-refractivity contribution in [2.45, 2.75) is 63.1 Å². The van der Waals surface area contributed by atoms with Gasteiger partial charge in [-0.2, -0.15) is 0 Å². The summed E-state index contributed by atoms with van der Waals surface area (Å²) in [5.41, 5.74) is 2.24. The summed E-state index contributed by atoms with van der Waals surface area (Å²) in [5, 5.41) is 13.0. The fourth-order valence-corrected chi connectivity index (χ4v) is 5.19. The van der Waals surface area contributed by atoms with Crippen LogP contribution in [0.4, 0.5) is 4.79 Å². The van der Waals surface area contributed by atoms with Crippen molar-refractivity contribution >= 4 is 18.0 Å². The standard InChI is InChI=1S/C23H31N3O3/c1-2-6-16-9-11-17(12-10-16)22-19-13-25(14-21(28)26(19)20(22)15-27)23(29)24-18-7-4-3-5-8-18/h2,6,9-12,18-20,22,27H,3-5,7-8,13-15H2,1H3,(H,24,29)/t19-,20-,22+/m0/s1. The zero-order chi connectivity index (χ0) is 20.4. The van der Waals surface area contributed by atoms with Crippen molar-refractivity contribution in [3.63, 3.8) is 0 Å². The number of amides is 3. The number of piperazine rings is 1. The Morgan fingerprint density at radius 3 is 2.59 bits per heavy atom. The van der Waals surface area contributed by atoms with Crippen LogP contribution >= 0.6 is 0 Å². The van der Waals surface area contributed by atoms with Crippen molar-refractivity contribution in [2.75, 3.05) is 19.7 Å². The van der Waals surface area contributed by atoms with Crippen LogP contribution in [0.5, 0.6) is 0 Å². The third-order valence-electron chi connectivity index (χ3n) is 6.65. The number of urea groups is 1. The summed E-state index contributed by atoms with van der Waals surface area (Å²) in [7, 11) is 0. The second kappa shape index (κ2) is 8.57. The highest BCUT2D eigenvalue weighted by atomic mass is 16.3. The van der Waals surface area contributed by atoms with Crippen LogP contribution in [0.2, 0.25) is 0 Å². The topological polar surface area (TPSA) is 72.9 Å². The lowest BCUT2D eigenvalue weighted by atomic mass is 9.73. The van der Waals surface area contributed by atoms with Gasteiger partial charge < -0.3 is 20.2 Å². The predicted octanol–water partition coefficient (Wildman–Crippen LogP) is 2.73. The molecular formula is C23H31N3O3. The largest absolute Gasteiger partial charge is 0.394 e. The molecular weight excluding hydrogens is 366 g/mol. The number of benzene rings is 1. The van der Waals surface area contributed by atoms with Crippen LogP contribution in [-0.2, 0) is 4.79 Å². The molecule has 3 amide bonds. The van der Waals surface area contributed by atoms with Crippen LogP contribution < -0.4 is 5.32 Å². The van der Waals surface area contributed by atoms with E-state index >= 15 is 0 Å². The van der Waals surface area contributed by atoms with E-state index in [-0.39, 0.29) is 49.1 Å². The van der Waals surface area contributed by atoms with E-state index in [0.717, 1.165) is 36.8 Å². The molecule has 1 saturated carbocycles. The number of aliphatic hydroxyl groups excluding tert-OH is 1. The van der Waals surface area contributed by atoms with Gasteiger partial charge in [0.05, 0.1) is 18.7 Å². The Morgan fingerprint density at radius 1 is 1.21 bits per heavy atom. The van der Waals surface area contributed by atoms with Crippen LogP contribution in [0.3, 0.4) is 0 Å². The van der Waals surface area contributed by atoms with Gasteiger partial charge in [0, 0.05) is 18.5 Å². The summed E-state index contributed by atoms with van der Waals surface area (Å²) in [5.74, 6) is -0.0187. The number of nitrogens with zero attached hydrogens (tertiary/aromatic N) is 2. The molecule has 3 aliphatic rings. The number of carbonyl (C=O) groups excluding carboxylic acids is 2. The smallest absolute Gasteiger partial charge is 0.318 e. The molecule has 0 unspecified atom stereocenters. The third kappa shape index (κ3) is 3.90. The first-order chi connectivity index (χ1) is 14.1. The molecule has 29 heavy (non-hydrogen) atoms. The van der Waals surface area contributed by atoms with Crippen molar-refractivity contribution in [3.05, 3.63) is 41.5 Å². The van der Waals surface area contributed by atoms with Gasteiger partial charge in [0.1, 0.15) is 6.54 Å². The monoisotopic (exact) mass is 397 g/mol. The van der Waals surface area contributed by atoms with E-state index in [1.54, 1.807) is 9.80 Å². The Morgan fingerprint density at radius 2 is 1.93 bits per heavy atom. The molecule has 0 radical (unpaired) electrons. The van der Waals surface area contributed by atoms with E-state index in [2.05, 4.69) is 29.6 Å². The minimum absolute atomic E-state index is 0.0499. The van der Waals surface area contributed by atoms with Crippen molar-refractivity contribution in [3.8, 4) is 0 Å². The molecule has 2 N–H and O–H groups in total. The van der Waals surface area contributed by atoms with Crippen molar-refractivity contribution < 1.29 is 14.7 Å². The lowest BCUT2D eigenvalue weighted by molar-refractivity contribution is -0.159. The Balaban J connectivity index is 1.47. The van der Waals surface area contributed by atoms with Crippen LogP contribution in [0, 0.1) is 0 Å². The van der Waals surface area contributed by atoms with Gasteiger partial charge in [-0.1, -0.05) is 55.7 Å². The van der Waals surface area contributed by atoms with E-state index in [1.807, 2.05) is 19.1 Å². The second-order valence-electron chi connectivity index (χ2n) is 8.48. The highest BCUT2D eigenvalue weighted by Gasteiger charge is 2.54. The summed E-state index contributed by atoms with van der Waals surface area (Å²) < 4.78 is 0. The Kier molecular flexibility index (Phi) is 5.90. The molecule has 2 aliphatic heterocycles. The highest BCUT2D eigenvalue weighted by molar-refractivity contribution is 5.87. The molecule has 6 nitrogen and oxygen atoms in total. The highest BCUT2D eigenvalue weighted by Crippen LogP contribution is 2.43. The Bertz CT molecular complexity index is 770. The summed E-state index contributed by atoms with van der Waals surface area (Å²) in [6, 6.07) is 8.10. The van der Waals surface area contributed by atoms with Crippen molar-refractivity contribution in [1.29, 1.82) is 0 Å². The third-order valence-corrected chi connectivity index (χ3v) is 6.65. The number of rotatable bonds is 4. The molecule has 1 aromatic carbocycles. The number of hydrogen-bond acceptors (Lipinski definition) is 3. The predicted molar refractivity (Wildman–Crippen MR) is 112 cm³/mol. The molecule has 1 aromatic rings. The quantitative estimate of drug-likeness (QED) is 0.821. The summed E-state index contributed by atoms with van der Waals surface area (Å²) in [6.07, 6.45) is 9.64. The van der Waals surface area contributed by atoms with E-state index < -0.39 is 0 Å². The van der Waals surface area contributed by atoms with Crippen LogP contribution in [-0.4, -0.2) is 64.7 Å². The average Bonchev–Trinajstić information content (AvgIpc) is 2.71. The first-order valence-corrected chi connectivity index (χ1v) is 10.8. The van der Waals surface area contributed by atoms with Crippen molar-refractivity contribution in [2.24, 2.45) is 0 Å². The SMILES string of the molecule is CC=Cc1ccc([C@H]2[C@H](CO)N3C(=O)CN(C(=O)NC4CCCCC4)C[C@@H]23)cc1. The van der Waals surface area contributed by atoms with Crippen LogP contribution in [0.15, 0.2) is 30.3 Å². The summed E-state index contributed by atoms with van der Waals surface area (Å²) in [4.78, 5) is 29.0. The first kappa shape index (κ1) is 20.0. The maximum absolute atomic E-state index is 12.8. The number of hydrogen-bond donors (Lipinski definition) is 2. The van der Waals surface area contributed by atoms with E-state index in [9.17, 15) is 14.7 Å². The Hall–Kier alpha value is -2.34. The van der Waals surface area contributed by atoms with Gasteiger partial charge in [0.15, 0.2) is 0 Å². The van der Waals surface area contributed by atoms with Gasteiger partial charge in [-0.25, -0.2) is 4.79 Å². The molecule has 0 bridgehead atoms. The Labute approximate surface area is 172 Å². The van der Waals surface area contributed by atoms with Gasteiger partial charge >= 0.3 is 6.03 Å². The van der Waals surface area contributed by atoms with Crippen LogP contribution in [0.25, 0.3) is 6.08 Å². The molecule has 1 aliphatic carbocycles. The maximum Gasteiger partial charge on any atom is 0.318 e. The molecule has 2 heterocycles. The fraction of sp³-hybridized carbons (Fsp3) is 0.565. The molecule has 3 atom stereocenters. The number of nitrogens with one attached hydrogen (secondary N) is 1. The summed E-state index contributed by atoms with van der Waals surface area (Å²) in [6.45, 7) is 2.54. The average molecular weight is 398 g/mol. The van der Waals surface area contributed by atoms with E-state index in [0.29, 0.717) is 6.54 Å². The second-order valence-corrected chi connectivity index (χ2v) is 8.48. The van der Waals surface area contributed by atoms with Gasteiger partial charge in [0.2, 0.25) is 5.91 Å². The number of aliphatic hydroxyl groups is 1. The molecule has 156 valence electrons. The number of allylic oxidation sites excluding steroid dienone is 1. The molecule has 0 aromatic heterocycles. The lowest BCUT2D eigenvalue weighted by Crippen LogP contribution is -2.74. The fourth-order valence-electron chi connectivity index (χ4n) is 5.19. The van der Waals surface area contributed by atoms with Gasteiger partial charge in [0.25, 0.3) is 0 Å². The van der Waals surface area contributed by atoms with E-state index in [4.69, 9.17) is 0 Å². The zero-order valence-electron chi connectivity index (χ0n) is 17.1. The maximum atomic E-state index is 12.8. The van der Waals surface area contributed by atoms with Gasteiger partial charge in [-0.05, 0) is 30.9 Å². The van der Waals surface area contributed by atoms with Gasteiger partial charge in [-0.15, -0.1) is 0 Å². The zero-order valence-corrected chi connectivity index (χ0v) is 17.1. The molecule has 3 fully saturated rings.